The molecule has 0 N–H and O–H groups in total. The second-order valence-electron chi connectivity index (χ2n) is 11.9. The van der Waals surface area contributed by atoms with Gasteiger partial charge in [-0.3, -0.25) is 0 Å². The Bertz CT molecular complexity index is 2050. The summed E-state index contributed by atoms with van der Waals surface area (Å²) in [6.07, 6.45) is 7.95. The van der Waals surface area contributed by atoms with Crippen LogP contribution in [-0.4, -0.2) is 44.4 Å². The molecule has 0 radical (unpaired) electrons. The zero-order valence-corrected chi connectivity index (χ0v) is 33.0. The highest BCUT2D eigenvalue weighted by Crippen LogP contribution is 2.18. The largest absolute Gasteiger partial charge is 0.497 e. The molecule has 12 heteroatoms. The Morgan fingerprint density at radius 1 is 0.615 bits per heavy atom. The van der Waals surface area contributed by atoms with Gasteiger partial charge in [0, 0.05) is 0 Å². The lowest BCUT2D eigenvalue weighted by atomic mass is 10.2. The van der Waals surface area contributed by atoms with Gasteiger partial charge in [0.2, 0.25) is 11.0 Å². The number of nitrogens with zero attached hydrogens (tertiary/aromatic N) is 6. The Morgan fingerprint density at radius 3 is 1.31 bits per heavy atom. The van der Waals surface area contributed by atoms with Gasteiger partial charge in [-0.15, -0.1) is 0 Å². The van der Waals surface area contributed by atoms with E-state index in [1.54, 1.807) is 14.2 Å². The average Bonchev–Trinajstić information content (AvgIpc) is 3.67. The molecule has 52 heavy (non-hydrogen) atoms. The van der Waals surface area contributed by atoms with Crippen molar-refractivity contribution in [3.8, 4) is 11.5 Å². The first-order valence-corrected chi connectivity index (χ1v) is 18.8. The maximum absolute atomic E-state index is 5.37. The lowest BCUT2D eigenvalue weighted by Gasteiger charge is -2.05. The van der Waals surface area contributed by atoms with Gasteiger partial charge in [-0.2, -0.15) is 0 Å². The molecule has 0 aliphatic heterocycles. The average molecular weight is 767 g/mol. The van der Waals surface area contributed by atoms with Crippen LogP contribution in [0.1, 0.15) is 62.3 Å². The number of unbranched alkanes of at least 4 members (excludes halogenated alkanes) is 2. The summed E-state index contributed by atoms with van der Waals surface area (Å²) >= 11 is 21.5. The molecule has 0 aliphatic carbocycles. The number of hydrogen-bond donors (Lipinski definition) is 0. The van der Waals surface area contributed by atoms with Gasteiger partial charge >= 0.3 is 0 Å². The van der Waals surface area contributed by atoms with Crippen molar-refractivity contribution < 1.29 is 18.6 Å². The standard InChI is InChI=1S/2C20H21N3OS2/c2*1-3-4-13-22-17-7-5-6-8-18(17)23(19(22)20(25)26)21-14-15-9-11-16(24-2)12-10-15/h2*5-12,14H,3-4,13H2,1-2H3/b2*21-14+. The molecule has 4 aromatic carbocycles. The summed E-state index contributed by atoms with van der Waals surface area (Å²) in [5.41, 5.74) is 6.13. The third kappa shape index (κ3) is 9.05. The van der Waals surface area contributed by atoms with E-state index in [0.717, 1.165) is 95.1 Å². The first-order valence-electron chi connectivity index (χ1n) is 17.2. The van der Waals surface area contributed by atoms with Crippen molar-refractivity contribution in [2.24, 2.45) is 10.2 Å². The minimum atomic E-state index is 0.421. The lowest BCUT2D eigenvalue weighted by Crippen LogP contribution is -2.39. The number of ether oxygens (including phenoxy) is 2. The van der Waals surface area contributed by atoms with E-state index >= 15 is 0 Å². The van der Waals surface area contributed by atoms with Gasteiger partial charge in [0.05, 0.1) is 39.7 Å². The van der Waals surface area contributed by atoms with Crippen LogP contribution in [-0.2, 0) is 38.3 Å². The summed E-state index contributed by atoms with van der Waals surface area (Å²) in [6, 6.07) is 31.8. The molecule has 8 nitrogen and oxygen atoms in total. The van der Waals surface area contributed by atoms with Gasteiger partial charge in [0.15, 0.2) is 11.0 Å². The Kier molecular flexibility index (Phi) is 13.9. The third-order valence-electron chi connectivity index (χ3n) is 8.43. The van der Waals surface area contributed by atoms with Crippen molar-refractivity contribution in [2.75, 3.05) is 14.2 Å². The molecule has 0 spiro atoms. The molecule has 6 rings (SSSR count). The zero-order valence-electron chi connectivity index (χ0n) is 29.8. The molecule has 0 saturated carbocycles. The maximum atomic E-state index is 5.37. The van der Waals surface area contributed by atoms with E-state index < -0.39 is 0 Å². The summed E-state index contributed by atoms with van der Waals surface area (Å²) in [5, 5.41) is 9.37. The van der Waals surface area contributed by atoms with Crippen LogP contribution in [0.4, 0.5) is 0 Å². The fourth-order valence-electron chi connectivity index (χ4n) is 5.77. The molecule has 0 bridgehead atoms. The first-order chi connectivity index (χ1) is 25.3. The number of thiocarbonyl (C=S) groups is 2. The smallest absolute Gasteiger partial charge is 0.295 e. The summed E-state index contributed by atoms with van der Waals surface area (Å²) in [6.45, 7) is 6.09. The molecule has 2 aromatic heterocycles. The number of aryl methyl sites for hydroxylation is 2. The number of rotatable bonds is 14. The fourth-order valence-corrected chi connectivity index (χ4v) is 6.56. The van der Waals surface area contributed by atoms with E-state index in [9.17, 15) is 0 Å². The summed E-state index contributed by atoms with van der Waals surface area (Å²) in [4.78, 5) is 0. The van der Waals surface area contributed by atoms with E-state index in [1.807, 2.05) is 107 Å². The molecule has 0 fully saturated rings. The minimum Gasteiger partial charge on any atom is -0.497 e. The van der Waals surface area contributed by atoms with Crippen molar-refractivity contribution >= 4 is 92.6 Å². The van der Waals surface area contributed by atoms with E-state index in [1.165, 1.54) is 0 Å². The predicted octanol–water partition coefficient (Wildman–Crippen LogP) is 7.68. The molecule has 0 unspecified atom stereocenters. The van der Waals surface area contributed by atoms with Crippen LogP contribution in [0.5, 0.6) is 11.5 Å². The minimum absolute atomic E-state index is 0.421. The maximum Gasteiger partial charge on any atom is 0.295 e. The summed E-state index contributed by atoms with van der Waals surface area (Å²) in [7, 11) is 3.31. The quantitative estimate of drug-likeness (QED) is 0.0491. The molecular weight excluding hydrogens is 725 g/mol. The number of benzene rings is 4. The molecule has 0 saturated heterocycles. The normalized spacial score (nSPS) is 11.3. The number of fused-ring (bicyclic) bond motifs is 2. The van der Waals surface area contributed by atoms with Crippen LogP contribution < -0.4 is 18.6 Å². The van der Waals surface area contributed by atoms with Gasteiger partial charge in [0.25, 0.3) is 11.6 Å². The van der Waals surface area contributed by atoms with Crippen LogP contribution >= 0.6 is 24.4 Å². The van der Waals surface area contributed by atoms with Crippen LogP contribution in [0.25, 0.3) is 22.1 Å². The molecule has 2 heterocycles. The monoisotopic (exact) mass is 766 g/mol. The Labute approximate surface area is 327 Å². The first kappa shape index (κ1) is 38.6. The van der Waals surface area contributed by atoms with Crippen molar-refractivity contribution in [3.63, 3.8) is 0 Å². The number of aromatic nitrogens is 4. The van der Waals surface area contributed by atoms with Crippen LogP contribution in [0.3, 0.4) is 0 Å². The summed E-state index contributed by atoms with van der Waals surface area (Å²) in [5.74, 6) is 3.21. The highest BCUT2D eigenvalue weighted by Gasteiger charge is 2.25. The molecule has 268 valence electrons. The molecule has 0 amide bonds. The molecular formula is C40H42N6O2S4. The topological polar surface area (TPSA) is 60.8 Å². The lowest BCUT2D eigenvalue weighted by molar-refractivity contribution is -0.673. The third-order valence-corrected chi connectivity index (χ3v) is 9.16. The molecule has 6 aromatic rings. The van der Waals surface area contributed by atoms with Gasteiger partial charge in [-0.25, -0.2) is 9.13 Å². The molecule has 0 atom stereocenters. The van der Waals surface area contributed by atoms with Gasteiger partial charge in [-0.1, -0.05) is 70.5 Å². The zero-order chi connectivity index (χ0) is 37.0. The van der Waals surface area contributed by atoms with E-state index in [2.05, 4.69) is 45.3 Å². The van der Waals surface area contributed by atoms with E-state index in [-0.39, 0.29) is 0 Å². The number of imidazole rings is 2. The number of hydrogen-bond acceptors (Lipinski definition) is 8. The Hall–Kier alpha value is -4.62. The summed E-state index contributed by atoms with van der Waals surface area (Å²) < 4.78 is 19.3. The second-order valence-corrected chi connectivity index (χ2v) is 14.0. The fraction of sp³-hybridized carbons (Fsp3) is 0.250. The highest BCUT2D eigenvalue weighted by molar-refractivity contribution is 8.01. The number of methoxy groups -OCH3 is 2. The predicted molar refractivity (Wildman–Crippen MR) is 224 cm³/mol. The highest BCUT2D eigenvalue weighted by atomic mass is 32.1. The van der Waals surface area contributed by atoms with E-state index in [0.29, 0.717) is 8.39 Å². The van der Waals surface area contributed by atoms with Gasteiger partial charge in [-0.05, 0) is 105 Å². The van der Waals surface area contributed by atoms with Crippen LogP contribution in [0.15, 0.2) is 107 Å². The van der Waals surface area contributed by atoms with Crippen LogP contribution in [0, 0.1) is 0 Å². The van der Waals surface area contributed by atoms with Crippen molar-refractivity contribution in [2.45, 2.75) is 52.6 Å². The SMILES string of the molecule is CCCC[n+]1c(C(=S)[S-])n(/N=C/c2ccc(OC)cc2)c2ccccc21.CCCC[n+]1c(C(=S)[S-])n(/N=C/c2ccc(OC)cc2)c2ccccc21. The van der Waals surface area contributed by atoms with Gasteiger partial charge in [0.1, 0.15) is 11.5 Å². The molecule has 0 aliphatic rings. The second kappa shape index (κ2) is 18.7. The number of para-hydroxylation sites is 4. The van der Waals surface area contributed by atoms with Gasteiger partial charge < -0.3 is 59.2 Å². The Morgan fingerprint density at radius 2 is 0.981 bits per heavy atom. The van der Waals surface area contributed by atoms with Crippen molar-refractivity contribution in [1.82, 2.24) is 9.35 Å². The van der Waals surface area contributed by atoms with Crippen molar-refractivity contribution in [3.05, 3.63) is 120 Å². The Balaban J connectivity index is 0.000000201. The van der Waals surface area contributed by atoms with E-state index in [4.69, 9.17) is 59.2 Å². The van der Waals surface area contributed by atoms with Crippen LogP contribution in [0.2, 0.25) is 0 Å². The van der Waals surface area contributed by atoms with Crippen molar-refractivity contribution in [1.29, 1.82) is 0 Å².